The predicted molar refractivity (Wildman–Crippen MR) is 89.5 cm³/mol. The molecule has 0 saturated carbocycles. The summed E-state index contributed by atoms with van der Waals surface area (Å²) < 4.78 is 29.6. The number of ether oxygens (including phenoxy) is 2. The lowest BCUT2D eigenvalue weighted by Gasteiger charge is -2.27. The Morgan fingerprint density at radius 1 is 1.04 bits per heavy atom. The molecule has 1 aliphatic heterocycles. The lowest BCUT2D eigenvalue weighted by atomic mass is 10.1. The highest BCUT2D eigenvalue weighted by molar-refractivity contribution is 6.02. The van der Waals surface area contributed by atoms with E-state index in [4.69, 9.17) is 13.9 Å². The maximum Gasteiger partial charge on any atom is 0.255 e. The van der Waals surface area contributed by atoms with Crippen LogP contribution in [0.3, 0.4) is 0 Å². The predicted octanol–water partition coefficient (Wildman–Crippen LogP) is 3.44. The van der Waals surface area contributed by atoms with Crippen molar-refractivity contribution >= 4 is 22.6 Å². The number of furan rings is 1. The first-order valence-electron chi connectivity index (χ1n) is 7.61. The van der Waals surface area contributed by atoms with Crippen LogP contribution in [0.15, 0.2) is 40.8 Å². The van der Waals surface area contributed by atoms with Crippen molar-refractivity contribution in [3.63, 3.8) is 0 Å². The first-order chi connectivity index (χ1) is 12.1. The Kier molecular flexibility index (Phi) is 3.49. The second-order valence-corrected chi connectivity index (χ2v) is 5.63. The van der Waals surface area contributed by atoms with Gasteiger partial charge in [0.15, 0.2) is 17.7 Å². The first kappa shape index (κ1) is 15.3. The summed E-state index contributed by atoms with van der Waals surface area (Å²) in [7, 11) is 3.03. The second kappa shape index (κ2) is 5.70. The van der Waals surface area contributed by atoms with E-state index in [0.717, 1.165) is 0 Å². The lowest BCUT2D eigenvalue weighted by Crippen LogP contribution is -2.38. The van der Waals surface area contributed by atoms with Gasteiger partial charge in [-0.2, -0.15) is 0 Å². The van der Waals surface area contributed by atoms with Gasteiger partial charge in [0.2, 0.25) is 0 Å². The van der Waals surface area contributed by atoms with E-state index < -0.39 is 6.17 Å². The number of anilines is 1. The van der Waals surface area contributed by atoms with Crippen molar-refractivity contribution in [1.82, 2.24) is 5.32 Å². The maximum atomic E-state index is 13.3. The van der Waals surface area contributed by atoms with Gasteiger partial charge in [0.25, 0.3) is 5.91 Å². The Bertz CT molecular complexity index is 983. The summed E-state index contributed by atoms with van der Waals surface area (Å²) in [5.41, 5.74) is 1.58. The standard InChI is InChI=1S/C18H15FN2O4/c1-23-14-7-11-12(8-15(14)24-2)20-17(21-18(11)22)16-6-9-5-10(19)3-4-13(9)25-16/h3-8,17,20H,1-2H3,(H,21,22)/t17-/m1/s1. The van der Waals surface area contributed by atoms with Crippen molar-refractivity contribution < 1.29 is 23.1 Å². The van der Waals surface area contributed by atoms with Crippen LogP contribution < -0.4 is 20.1 Å². The molecule has 0 radical (unpaired) electrons. The smallest absolute Gasteiger partial charge is 0.255 e. The van der Waals surface area contributed by atoms with Crippen molar-refractivity contribution in [3.05, 3.63) is 53.5 Å². The summed E-state index contributed by atoms with van der Waals surface area (Å²) in [6.07, 6.45) is -0.575. The number of amides is 1. The van der Waals surface area contributed by atoms with Crippen LogP contribution in [0.4, 0.5) is 10.1 Å². The van der Waals surface area contributed by atoms with E-state index in [-0.39, 0.29) is 11.7 Å². The summed E-state index contributed by atoms with van der Waals surface area (Å²) in [5.74, 6) is 0.841. The van der Waals surface area contributed by atoms with Crippen molar-refractivity contribution in [3.8, 4) is 11.5 Å². The average molecular weight is 342 g/mol. The molecular formula is C18H15FN2O4. The summed E-state index contributed by atoms with van der Waals surface area (Å²) in [6.45, 7) is 0. The van der Waals surface area contributed by atoms with Gasteiger partial charge >= 0.3 is 0 Å². The van der Waals surface area contributed by atoms with Crippen LogP contribution >= 0.6 is 0 Å². The molecule has 1 atom stereocenters. The molecule has 0 unspecified atom stereocenters. The van der Waals surface area contributed by atoms with Gasteiger partial charge in [-0.25, -0.2) is 4.39 Å². The zero-order chi connectivity index (χ0) is 17.6. The molecule has 2 N–H and O–H groups in total. The molecule has 25 heavy (non-hydrogen) atoms. The van der Waals surface area contributed by atoms with E-state index in [1.807, 2.05) is 0 Å². The van der Waals surface area contributed by atoms with E-state index in [1.165, 1.54) is 26.4 Å². The monoisotopic (exact) mass is 342 g/mol. The molecule has 2 heterocycles. The highest BCUT2D eigenvalue weighted by Crippen LogP contribution is 2.37. The molecule has 1 amide bonds. The molecule has 2 aromatic carbocycles. The third-order valence-corrected chi connectivity index (χ3v) is 4.13. The fraction of sp³-hybridized carbons (Fsp3) is 0.167. The Hall–Kier alpha value is -3.22. The molecule has 3 aromatic rings. The number of methoxy groups -OCH3 is 2. The van der Waals surface area contributed by atoms with E-state index in [0.29, 0.717) is 39.5 Å². The first-order valence-corrected chi connectivity index (χ1v) is 7.61. The van der Waals surface area contributed by atoms with Gasteiger partial charge in [-0.1, -0.05) is 0 Å². The van der Waals surface area contributed by atoms with E-state index in [2.05, 4.69) is 10.6 Å². The summed E-state index contributed by atoms with van der Waals surface area (Å²) in [4.78, 5) is 12.5. The fourth-order valence-electron chi connectivity index (χ4n) is 2.91. The molecule has 4 rings (SSSR count). The number of carbonyl (C=O) groups is 1. The molecule has 1 aliphatic rings. The minimum absolute atomic E-state index is 0.272. The van der Waals surface area contributed by atoms with Crippen molar-refractivity contribution in [2.75, 3.05) is 19.5 Å². The Labute approximate surface area is 142 Å². The van der Waals surface area contributed by atoms with Crippen LogP contribution in [0.25, 0.3) is 11.0 Å². The topological polar surface area (TPSA) is 72.7 Å². The lowest BCUT2D eigenvalue weighted by molar-refractivity contribution is 0.0931. The number of fused-ring (bicyclic) bond motifs is 2. The van der Waals surface area contributed by atoms with Crippen LogP contribution in [0.2, 0.25) is 0 Å². The average Bonchev–Trinajstić information content (AvgIpc) is 3.03. The zero-order valence-electron chi connectivity index (χ0n) is 13.6. The molecule has 6 nitrogen and oxygen atoms in total. The quantitative estimate of drug-likeness (QED) is 0.763. The van der Waals surface area contributed by atoms with Crippen molar-refractivity contribution in [2.24, 2.45) is 0 Å². The largest absolute Gasteiger partial charge is 0.493 e. The van der Waals surface area contributed by atoms with Gasteiger partial charge in [-0.3, -0.25) is 4.79 Å². The molecule has 128 valence electrons. The number of benzene rings is 2. The third-order valence-electron chi connectivity index (χ3n) is 4.13. The summed E-state index contributed by atoms with van der Waals surface area (Å²) >= 11 is 0. The van der Waals surface area contributed by atoms with E-state index in [1.54, 1.807) is 24.3 Å². The fourth-order valence-corrected chi connectivity index (χ4v) is 2.91. The van der Waals surface area contributed by atoms with Crippen LogP contribution in [-0.4, -0.2) is 20.1 Å². The number of rotatable bonds is 3. The SMILES string of the molecule is COc1cc2c(cc1OC)C(=O)N[C@H](c1cc3cc(F)ccc3o1)N2. The third kappa shape index (κ3) is 2.53. The summed E-state index contributed by atoms with van der Waals surface area (Å²) in [6, 6.07) is 9.27. The highest BCUT2D eigenvalue weighted by atomic mass is 19.1. The number of hydrogen-bond acceptors (Lipinski definition) is 5. The Balaban J connectivity index is 1.73. The van der Waals surface area contributed by atoms with Crippen molar-refractivity contribution in [2.45, 2.75) is 6.17 Å². The molecule has 0 spiro atoms. The molecule has 0 aliphatic carbocycles. The minimum atomic E-state index is -0.575. The molecule has 0 fully saturated rings. The maximum absolute atomic E-state index is 13.3. The normalized spacial score (nSPS) is 16.1. The molecule has 0 bridgehead atoms. The van der Waals surface area contributed by atoms with E-state index in [9.17, 15) is 9.18 Å². The number of nitrogens with one attached hydrogen (secondary N) is 2. The van der Waals surface area contributed by atoms with Gasteiger partial charge in [0, 0.05) is 11.5 Å². The van der Waals surface area contributed by atoms with Crippen LogP contribution in [0.1, 0.15) is 22.3 Å². The van der Waals surface area contributed by atoms with Gasteiger partial charge < -0.3 is 24.5 Å². The number of halogens is 1. The van der Waals surface area contributed by atoms with Crippen LogP contribution in [-0.2, 0) is 0 Å². The minimum Gasteiger partial charge on any atom is -0.493 e. The zero-order valence-corrected chi connectivity index (χ0v) is 13.6. The van der Waals surface area contributed by atoms with Gasteiger partial charge in [0.1, 0.15) is 17.2 Å². The Morgan fingerprint density at radius 2 is 1.80 bits per heavy atom. The van der Waals surface area contributed by atoms with Crippen LogP contribution in [0, 0.1) is 5.82 Å². The number of carbonyl (C=O) groups excluding carboxylic acids is 1. The number of hydrogen-bond donors (Lipinski definition) is 2. The van der Waals surface area contributed by atoms with Crippen LogP contribution in [0.5, 0.6) is 11.5 Å². The van der Waals surface area contributed by atoms with Crippen molar-refractivity contribution in [1.29, 1.82) is 0 Å². The molecule has 0 saturated heterocycles. The Morgan fingerprint density at radius 3 is 2.56 bits per heavy atom. The second-order valence-electron chi connectivity index (χ2n) is 5.63. The molecule has 1 aromatic heterocycles. The highest BCUT2D eigenvalue weighted by Gasteiger charge is 2.28. The van der Waals surface area contributed by atoms with E-state index >= 15 is 0 Å². The van der Waals surface area contributed by atoms with Gasteiger partial charge in [0.05, 0.1) is 25.5 Å². The van der Waals surface area contributed by atoms with Gasteiger partial charge in [-0.15, -0.1) is 0 Å². The van der Waals surface area contributed by atoms with Gasteiger partial charge in [-0.05, 0) is 30.3 Å². The summed E-state index contributed by atoms with van der Waals surface area (Å²) in [5, 5.41) is 6.64. The molecular weight excluding hydrogens is 327 g/mol. The molecule has 7 heteroatoms.